The molecule has 1 fully saturated rings. The lowest BCUT2D eigenvalue weighted by Gasteiger charge is -2.17. The molecule has 2 N–H and O–H groups in total. The summed E-state index contributed by atoms with van der Waals surface area (Å²) >= 11 is 2.80. The van der Waals surface area contributed by atoms with Crippen LogP contribution in [0.15, 0.2) is 28.6 Å². The van der Waals surface area contributed by atoms with Crippen LogP contribution in [0.2, 0.25) is 0 Å². The highest BCUT2D eigenvalue weighted by Crippen LogP contribution is 2.29. The lowest BCUT2D eigenvalue weighted by Crippen LogP contribution is -2.33. The number of carbonyl (C=O) groups is 1. The third-order valence-corrected chi connectivity index (χ3v) is 6.35. The van der Waals surface area contributed by atoms with Gasteiger partial charge in [0, 0.05) is 13.2 Å². The van der Waals surface area contributed by atoms with Crippen LogP contribution < -0.4 is 10.6 Å². The molecule has 1 aliphatic rings. The summed E-state index contributed by atoms with van der Waals surface area (Å²) in [6.07, 6.45) is 2.41. The molecule has 1 saturated heterocycles. The number of carbonyl (C=O) groups excluding carboxylic acids is 1. The molecule has 0 unspecified atom stereocenters. The van der Waals surface area contributed by atoms with Gasteiger partial charge in [-0.15, -0.1) is 10.2 Å². The van der Waals surface area contributed by atoms with E-state index in [0.717, 1.165) is 41.0 Å². The monoisotopic (exact) mass is 410 g/mol. The Labute approximate surface area is 166 Å². The van der Waals surface area contributed by atoms with Gasteiger partial charge in [0.05, 0.1) is 17.4 Å². The Hall–Kier alpha value is -1.71. The second kappa shape index (κ2) is 9.48. The molecule has 3 rings (SSSR count). The van der Waals surface area contributed by atoms with Crippen molar-refractivity contribution >= 4 is 34.1 Å². The van der Waals surface area contributed by atoms with Crippen molar-refractivity contribution in [2.24, 2.45) is 0 Å². The summed E-state index contributed by atoms with van der Waals surface area (Å²) in [4.78, 5) is 12.4. The molecule has 2 heterocycles. The molecule has 3 atom stereocenters. The van der Waals surface area contributed by atoms with Gasteiger partial charge >= 0.3 is 0 Å². The fraction of sp³-hybridized carbons (Fsp3) is 0.500. The summed E-state index contributed by atoms with van der Waals surface area (Å²) in [7, 11) is 0. The van der Waals surface area contributed by atoms with E-state index in [4.69, 9.17) is 4.74 Å². The minimum Gasteiger partial charge on any atom is -0.376 e. The van der Waals surface area contributed by atoms with Crippen LogP contribution in [0.25, 0.3) is 0 Å². The number of amides is 1. The minimum absolute atomic E-state index is 0.0964. The highest BCUT2D eigenvalue weighted by molar-refractivity contribution is 8.02. The fourth-order valence-corrected chi connectivity index (χ4v) is 4.62. The first-order valence-electron chi connectivity index (χ1n) is 8.92. The first-order valence-corrected chi connectivity index (χ1v) is 10.6. The number of ether oxygens (including phenoxy) is 1. The van der Waals surface area contributed by atoms with E-state index in [-0.39, 0.29) is 29.1 Å². The van der Waals surface area contributed by atoms with Crippen LogP contribution in [-0.2, 0) is 9.53 Å². The van der Waals surface area contributed by atoms with Crippen molar-refractivity contribution in [1.82, 2.24) is 15.5 Å². The van der Waals surface area contributed by atoms with Crippen molar-refractivity contribution in [3.63, 3.8) is 0 Å². The molecule has 1 aromatic heterocycles. The third-order valence-electron chi connectivity index (χ3n) is 4.29. The Morgan fingerprint density at radius 3 is 2.85 bits per heavy atom. The maximum atomic E-state index is 13.0. The van der Waals surface area contributed by atoms with Gasteiger partial charge in [-0.25, -0.2) is 4.39 Å². The fourth-order valence-electron chi connectivity index (χ4n) is 2.71. The molecule has 9 heteroatoms. The second-order valence-corrected chi connectivity index (χ2v) is 9.00. The van der Waals surface area contributed by atoms with Crippen LogP contribution in [0.1, 0.15) is 38.3 Å². The van der Waals surface area contributed by atoms with E-state index in [1.165, 1.54) is 35.2 Å². The number of nitrogens with zero attached hydrogens (tertiary/aromatic N) is 2. The van der Waals surface area contributed by atoms with Crippen LogP contribution in [0.4, 0.5) is 9.52 Å². The maximum absolute atomic E-state index is 13.0. The van der Waals surface area contributed by atoms with Gasteiger partial charge in [0.1, 0.15) is 5.82 Å². The number of benzene rings is 1. The summed E-state index contributed by atoms with van der Waals surface area (Å²) in [6.45, 7) is 5.26. The van der Waals surface area contributed by atoms with E-state index in [0.29, 0.717) is 0 Å². The average Bonchev–Trinajstić information content (AvgIpc) is 3.32. The molecule has 1 aliphatic heterocycles. The molecule has 2 aromatic rings. The van der Waals surface area contributed by atoms with Crippen molar-refractivity contribution < 1.29 is 13.9 Å². The van der Waals surface area contributed by atoms with E-state index in [9.17, 15) is 9.18 Å². The molecule has 0 saturated carbocycles. The van der Waals surface area contributed by atoms with E-state index < -0.39 is 0 Å². The van der Waals surface area contributed by atoms with Crippen LogP contribution in [0.5, 0.6) is 0 Å². The highest BCUT2D eigenvalue weighted by Gasteiger charge is 2.20. The van der Waals surface area contributed by atoms with Gasteiger partial charge in [-0.2, -0.15) is 0 Å². The Kier molecular flexibility index (Phi) is 7.03. The SMILES string of the molecule is C[C@H](Sc1nnc(NC[C@@H]2CCCO2)s1)C(=O)N[C@H](C)c1ccc(F)cc1. The Morgan fingerprint density at radius 1 is 1.37 bits per heavy atom. The molecule has 1 aromatic carbocycles. The van der Waals surface area contributed by atoms with Crippen molar-refractivity contribution in [2.75, 3.05) is 18.5 Å². The summed E-state index contributed by atoms with van der Waals surface area (Å²) in [5, 5.41) is 14.9. The van der Waals surface area contributed by atoms with Crippen LogP contribution in [-0.4, -0.2) is 40.6 Å². The lowest BCUT2D eigenvalue weighted by atomic mass is 10.1. The van der Waals surface area contributed by atoms with E-state index in [2.05, 4.69) is 20.8 Å². The van der Waals surface area contributed by atoms with Crippen LogP contribution in [0, 0.1) is 5.82 Å². The van der Waals surface area contributed by atoms with Gasteiger partial charge in [-0.05, 0) is 44.4 Å². The van der Waals surface area contributed by atoms with E-state index in [1.807, 2.05) is 13.8 Å². The van der Waals surface area contributed by atoms with Gasteiger partial charge in [0.25, 0.3) is 0 Å². The molecule has 6 nitrogen and oxygen atoms in total. The zero-order chi connectivity index (χ0) is 19.2. The molecule has 0 spiro atoms. The minimum atomic E-state index is -0.313. The summed E-state index contributed by atoms with van der Waals surface area (Å²) in [5.41, 5.74) is 0.860. The first kappa shape index (κ1) is 20.0. The van der Waals surface area contributed by atoms with Crippen molar-refractivity contribution in [3.8, 4) is 0 Å². The molecule has 1 amide bonds. The normalized spacial score (nSPS) is 18.9. The van der Waals surface area contributed by atoms with Crippen molar-refractivity contribution in [3.05, 3.63) is 35.6 Å². The Bertz CT molecular complexity index is 750. The third kappa shape index (κ3) is 5.88. The van der Waals surface area contributed by atoms with Crippen molar-refractivity contribution in [2.45, 2.75) is 48.4 Å². The Balaban J connectivity index is 1.46. The number of rotatable bonds is 8. The van der Waals surface area contributed by atoms with Gasteiger partial charge in [0.2, 0.25) is 11.0 Å². The van der Waals surface area contributed by atoms with Gasteiger partial charge in [0.15, 0.2) is 4.34 Å². The number of halogens is 1. The molecular formula is C18H23FN4O2S2. The standard InChI is InChI=1S/C18H23FN4O2S2/c1-11(13-5-7-14(19)8-6-13)21-16(24)12(2)26-18-23-22-17(27-18)20-10-15-4-3-9-25-15/h5-8,11-12,15H,3-4,9-10H2,1-2H3,(H,20,22)(H,21,24)/t11-,12+,15+/m1/s1. The predicted molar refractivity (Wildman–Crippen MR) is 106 cm³/mol. The molecule has 146 valence electrons. The van der Waals surface area contributed by atoms with Crippen LogP contribution >= 0.6 is 23.1 Å². The summed E-state index contributed by atoms with van der Waals surface area (Å²) in [6, 6.07) is 5.94. The predicted octanol–water partition coefficient (Wildman–Crippen LogP) is 3.63. The van der Waals surface area contributed by atoms with E-state index >= 15 is 0 Å². The molecule has 0 radical (unpaired) electrons. The molecule has 0 aliphatic carbocycles. The zero-order valence-corrected chi connectivity index (χ0v) is 16.9. The maximum Gasteiger partial charge on any atom is 0.233 e. The van der Waals surface area contributed by atoms with Crippen molar-refractivity contribution in [1.29, 1.82) is 0 Å². The molecule has 0 bridgehead atoms. The number of hydrogen-bond donors (Lipinski definition) is 2. The highest BCUT2D eigenvalue weighted by atomic mass is 32.2. The van der Waals surface area contributed by atoms with Gasteiger partial charge < -0.3 is 15.4 Å². The number of thioether (sulfide) groups is 1. The summed E-state index contributed by atoms with van der Waals surface area (Å²) < 4.78 is 19.3. The smallest absolute Gasteiger partial charge is 0.233 e. The Morgan fingerprint density at radius 2 is 2.15 bits per heavy atom. The largest absolute Gasteiger partial charge is 0.376 e. The lowest BCUT2D eigenvalue weighted by molar-refractivity contribution is -0.120. The number of nitrogens with one attached hydrogen (secondary N) is 2. The van der Waals surface area contributed by atoms with Gasteiger partial charge in [-0.1, -0.05) is 35.2 Å². The number of aromatic nitrogens is 2. The van der Waals surface area contributed by atoms with Gasteiger partial charge in [-0.3, -0.25) is 4.79 Å². The number of anilines is 1. The molecule has 27 heavy (non-hydrogen) atoms. The topological polar surface area (TPSA) is 76.1 Å². The average molecular weight is 411 g/mol. The van der Waals surface area contributed by atoms with E-state index in [1.54, 1.807) is 12.1 Å². The second-order valence-electron chi connectivity index (χ2n) is 6.43. The number of hydrogen-bond acceptors (Lipinski definition) is 7. The summed E-state index contributed by atoms with van der Waals surface area (Å²) in [5.74, 6) is -0.387. The first-order chi connectivity index (χ1) is 13.0. The van der Waals surface area contributed by atoms with Crippen LogP contribution in [0.3, 0.4) is 0 Å². The molecular weight excluding hydrogens is 387 g/mol. The quantitative estimate of drug-likeness (QED) is 0.648. The zero-order valence-electron chi connectivity index (χ0n) is 15.3.